The van der Waals surface area contributed by atoms with Crippen molar-refractivity contribution in [1.29, 1.82) is 0 Å². The molecule has 0 N–H and O–H groups in total. The van der Waals surface area contributed by atoms with Crippen molar-refractivity contribution in [3.8, 4) is 0 Å². The van der Waals surface area contributed by atoms with Gasteiger partial charge in [0.2, 0.25) is 0 Å². The first-order chi connectivity index (χ1) is 15.9. The molecule has 0 aromatic heterocycles. The first-order valence-corrected chi connectivity index (χ1v) is 11.7. The van der Waals surface area contributed by atoms with Crippen LogP contribution in [0.5, 0.6) is 0 Å². The van der Waals surface area contributed by atoms with E-state index in [4.69, 9.17) is 0 Å². The lowest BCUT2D eigenvalue weighted by molar-refractivity contribution is -0.137. The minimum Gasteiger partial charge on any atom is -0.370 e. The van der Waals surface area contributed by atoms with Crippen molar-refractivity contribution in [3.63, 3.8) is 0 Å². The number of likely N-dealkylation sites (N-methyl/N-ethyl adjacent to an activating group) is 1. The van der Waals surface area contributed by atoms with Gasteiger partial charge in [-0.05, 0) is 61.2 Å². The van der Waals surface area contributed by atoms with Crippen LogP contribution in [-0.2, 0) is 6.18 Å². The van der Waals surface area contributed by atoms with Gasteiger partial charge in [-0.2, -0.15) is 13.2 Å². The molecule has 0 amide bonds. The number of piperidine rings is 3. The van der Waals surface area contributed by atoms with E-state index in [1.807, 2.05) is 25.2 Å². The largest absolute Gasteiger partial charge is 0.416 e. The lowest BCUT2D eigenvalue weighted by atomic mass is 9.70. The maximum absolute atomic E-state index is 13.4. The molecule has 172 valence electrons. The van der Waals surface area contributed by atoms with Crippen molar-refractivity contribution in [2.24, 2.45) is 5.92 Å². The lowest BCUT2D eigenvalue weighted by Crippen LogP contribution is -2.65. The van der Waals surface area contributed by atoms with E-state index in [9.17, 15) is 13.2 Å². The summed E-state index contributed by atoms with van der Waals surface area (Å²) in [6.07, 6.45) is -2.18. The van der Waals surface area contributed by atoms with Crippen molar-refractivity contribution >= 4 is 5.69 Å². The van der Waals surface area contributed by atoms with Crippen LogP contribution < -0.4 is 4.90 Å². The van der Waals surface area contributed by atoms with Crippen molar-refractivity contribution in [3.05, 3.63) is 102 Å². The summed E-state index contributed by atoms with van der Waals surface area (Å²) in [5, 5.41) is 0. The number of nitrogens with zero attached hydrogens (tertiary/aromatic N) is 2. The molecule has 3 aromatic rings. The molecule has 2 bridgehead atoms. The predicted octanol–water partition coefficient (Wildman–Crippen LogP) is 6.44. The van der Waals surface area contributed by atoms with E-state index >= 15 is 0 Å². The summed E-state index contributed by atoms with van der Waals surface area (Å²) in [6.45, 7) is 2.08. The Morgan fingerprint density at radius 1 is 0.818 bits per heavy atom. The smallest absolute Gasteiger partial charge is 0.370 e. The SMILES string of the molecule is CN(c1cccc(C(F)(F)F)c1)[C@@H]1C2CCN(CC2)[C@@H]1C(c1ccccc1)c1ccccc1. The quantitative estimate of drug-likeness (QED) is 0.442. The van der Waals surface area contributed by atoms with Crippen molar-refractivity contribution in [2.45, 2.75) is 37.0 Å². The van der Waals surface area contributed by atoms with E-state index in [1.54, 1.807) is 0 Å². The minimum atomic E-state index is -4.35. The van der Waals surface area contributed by atoms with E-state index < -0.39 is 11.7 Å². The van der Waals surface area contributed by atoms with Crippen LogP contribution >= 0.6 is 0 Å². The molecule has 6 rings (SSSR count). The molecule has 0 aliphatic carbocycles. The molecule has 3 fully saturated rings. The van der Waals surface area contributed by atoms with Gasteiger partial charge in [-0.3, -0.25) is 4.90 Å². The Balaban J connectivity index is 1.59. The molecule has 0 spiro atoms. The van der Waals surface area contributed by atoms with E-state index in [0.717, 1.165) is 32.0 Å². The Kier molecular flexibility index (Phi) is 5.92. The third-order valence-corrected chi connectivity index (χ3v) is 7.52. The van der Waals surface area contributed by atoms with Crippen LogP contribution in [0.4, 0.5) is 18.9 Å². The number of rotatable bonds is 5. The topological polar surface area (TPSA) is 6.48 Å². The van der Waals surface area contributed by atoms with Gasteiger partial charge in [0.05, 0.1) is 5.56 Å². The Hall–Kier alpha value is -2.79. The highest BCUT2D eigenvalue weighted by Crippen LogP contribution is 2.45. The van der Waals surface area contributed by atoms with Crippen molar-refractivity contribution < 1.29 is 13.2 Å². The van der Waals surface area contributed by atoms with Gasteiger partial charge in [0, 0.05) is 30.7 Å². The lowest BCUT2D eigenvalue weighted by Gasteiger charge is -2.56. The number of benzene rings is 3. The zero-order valence-corrected chi connectivity index (χ0v) is 18.7. The second-order valence-corrected chi connectivity index (χ2v) is 9.31. The number of halogens is 3. The van der Waals surface area contributed by atoms with Crippen LogP contribution in [0.15, 0.2) is 84.9 Å². The van der Waals surface area contributed by atoms with Gasteiger partial charge in [-0.15, -0.1) is 0 Å². The van der Waals surface area contributed by atoms with Crippen molar-refractivity contribution in [2.75, 3.05) is 25.0 Å². The summed E-state index contributed by atoms with van der Waals surface area (Å²) < 4.78 is 40.3. The summed E-state index contributed by atoms with van der Waals surface area (Å²) in [5.41, 5.74) is 2.55. The predicted molar refractivity (Wildman–Crippen MR) is 126 cm³/mol. The average Bonchev–Trinajstić information content (AvgIpc) is 2.85. The molecule has 0 saturated carbocycles. The van der Waals surface area contributed by atoms with E-state index in [-0.39, 0.29) is 18.0 Å². The third kappa shape index (κ3) is 4.26. The molecule has 3 aromatic carbocycles. The molecular weight excluding hydrogens is 421 g/mol. The molecule has 3 saturated heterocycles. The maximum Gasteiger partial charge on any atom is 0.416 e. The summed E-state index contributed by atoms with van der Waals surface area (Å²) in [4.78, 5) is 4.69. The minimum absolute atomic E-state index is 0.126. The second-order valence-electron chi connectivity index (χ2n) is 9.31. The monoisotopic (exact) mass is 450 g/mol. The molecule has 2 nitrogen and oxygen atoms in total. The van der Waals surface area contributed by atoms with Gasteiger partial charge in [0.25, 0.3) is 0 Å². The normalized spacial score (nSPS) is 24.8. The molecule has 3 aliphatic rings. The average molecular weight is 451 g/mol. The zero-order valence-electron chi connectivity index (χ0n) is 18.7. The zero-order chi connectivity index (χ0) is 23.0. The second kappa shape index (κ2) is 8.86. The molecule has 3 heterocycles. The number of fused-ring (bicyclic) bond motifs is 3. The highest BCUT2D eigenvalue weighted by atomic mass is 19.4. The van der Waals surface area contributed by atoms with Gasteiger partial charge >= 0.3 is 6.18 Å². The number of hydrogen-bond donors (Lipinski definition) is 0. The fourth-order valence-corrected chi connectivity index (χ4v) is 5.99. The van der Waals surface area contributed by atoms with Crippen LogP contribution in [0.1, 0.15) is 35.4 Å². The Bertz CT molecular complexity index is 1020. The Morgan fingerprint density at radius 2 is 1.39 bits per heavy atom. The van der Waals surface area contributed by atoms with Crippen molar-refractivity contribution in [1.82, 2.24) is 4.90 Å². The molecule has 5 heteroatoms. The summed E-state index contributed by atoms with van der Waals surface area (Å²) in [7, 11) is 1.97. The third-order valence-electron chi connectivity index (χ3n) is 7.52. The Labute approximate surface area is 193 Å². The molecule has 3 aliphatic heterocycles. The summed E-state index contributed by atoms with van der Waals surface area (Å²) >= 11 is 0. The maximum atomic E-state index is 13.4. The standard InChI is InChI=1S/C28H29F3N2/c1-32(24-14-8-13-23(19-24)28(29,30)31)26-22-15-17-33(18-16-22)27(26)25(20-9-4-2-5-10-20)21-11-6-3-7-12-21/h2-14,19,22,25-27H,15-18H2,1H3/t26-,27-/m1/s1. The van der Waals surface area contributed by atoms with Gasteiger partial charge in [0.1, 0.15) is 0 Å². The van der Waals surface area contributed by atoms with Gasteiger partial charge in [0.15, 0.2) is 0 Å². The van der Waals surface area contributed by atoms with Crippen LogP contribution in [0, 0.1) is 5.92 Å². The van der Waals surface area contributed by atoms with Gasteiger partial charge in [-0.1, -0.05) is 66.7 Å². The summed E-state index contributed by atoms with van der Waals surface area (Å²) in [6, 6.07) is 27.2. The van der Waals surface area contributed by atoms with Crippen LogP contribution in [0.25, 0.3) is 0 Å². The summed E-state index contributed by atoms with van der Waals surface area (Å²) in [5.74, 6) is 0.600. The highest BCUT2D eigenvalue weighted by molar-refractivity contribution is 5.51. The molecule has 0 radical (unpaired) electrons. The number of hydrogen-bond acceptors (Lipinski definition) is 2. The fraction of sp³-hybridized carbons (Fsp3) is 0.357. The molecule has 33 heavy (non-hydrogen) atoms. The first-order valence-electron chi connectivity index (χ1n) is 11.7. The van der Waals surface area contributed by atoms with Gasteiger partial charge < -0.3 is 4.90 Å². The van der Waals surface area contributed by atoms with E-state index in [2.05, 4.69) is 58.3 Å². The molecular formula is C28H29F3N2. The molecule has 0 unspecified atom stereocenters. The Morgan fingerprint density at radius 3 is 1.94 bits per heavy atom. The number of alkyl halides is 3. The fourth-order valence-electron chi connectivity index (χ4n) is 5.99. The van der Waals surface area contributed by atoms with Crippen LogP contribution in [0.3, 0.4) is 0 Å². The van der Waals surface area contributed by atoms with Gasteiger partial charge in [-0.25, -0.2) is 0 Å². The van der Waals surface area contributed by atoms with Crippen LogP contribution in [-0.4, -0.2) is 37.1 Å². The van der Waals surface area contributed by atoms with Crippen LogP contribution in [0.2, 0.25) is 0 Å². The number of anilines is 1. The van der Waals surface area contributed by atoms with E-state index in [1.165, 1.54) is 23.3 Å². The first kappa shape index (κ1) is 22.0. The van der Waals surface area contributed by atoms with E-state index in [0.29, 0.717) is 11.6 Å². The molecule has 2 atom stereocenters. The highest BCUT2D eigenvalue weighted by Gasteiger charge is 2.48.